The molecule has 22 heavy (non-hydrogen) atoms. The number of hydrogen-bond acceptors (Lipinski definition) is 2. The van der Waals surface area contributed by atoms with Crippen LogP contribution in [0.2, 0.25) is 0 Å². The SMILES string of the molecule is CC(C)c1ccc(C(C)(C)C)cc1N1CC[C@@]2(CCOC2)C1. The summed E-state index contributed by atoms with van der Waals surface area (Å²) in [4.78, 5) is 2.62. The topological polar surface area (TPSA) is 12.5 Å². The van der Waals surface area contributed by atoms with Crippen molar-refractivity contribution in [2.24, 2.45) is 5.41 Å². The second-order valence-electron chi connectivity index (χ2n) is 8.65. The van der Waals surface area contributed by atoms with Crippen molar-refractivity contribution in [1.29, 1.82) is 0 Å². The van der Waals surface area contributed by atoms with Crippen LogP contribution in [0, 0.1) is 5.41 Å². The summed E-state index contributed by atoms with van der Waals surface area (Å²) in [7, 11) is 0. The fraction of sp³-hybridized carbons (Fsp3) is 0.700. The average Bonchev–Trinajstić information content (AvgIpc) is 3.08. The van der Waals surface area contributed by atoms with Crippen LogP contribution in [-0.2, 0) is 10.2 Å². The largest absolute Gasteiger partial charge is 0.381 e. The van der Waals surface area contributed by atoms with E-state index in [0.717, 1.165) is 13.2 Å². The molecule has 0 aromatic heterocycles. The van der Waals surface area contributed by atoms with Crippen LogP contribution in [0.1, 0.15) is 64.5 Å². The van der Waals surface area contributed by atoms with Gasteiger partial charge in [-0.25, -0.2) is 0 Å². The molecule has 2 heteroatoms. The number of ether oxygens (including phenoxy) is 1. The molecule has 1 atom stereocenters. The Balaban J connectivity index is 1.94. The predicted molar refractivity (Wildman–Crippen MR) is 93.9 cm³/mol. The van der Waals surface area contributed by atoms with Gasteiger partial charge in [0.25, 0.3) is 0 Å². The van der Waals surface area contributed by atoms with Gasteiger partial charge in [-0.05, 0) is 41.4 Å². The molecule has 1 aromatic carbocycles. The quantitative estimate of drug-likeness (QED) is 0.783. The van der Waals surface area contributed by atoms with Gasteiger partial charge in [-0.3, -0.25) is 0 Å². The number of nitrogens with zero attached hydrogens (tertiary/aromatic N) is 1. The Labute approximate surface area is 135 Å². The molecule has 2 saturated heterocycles. The first-order valence-electron chi connectivity index (χ1n) is 8.78. The maximum Gasteiger partial charge on any atom is 0.0540 e. The lowest BCUT2D eigenvalue weighted by molar-refractivity contribution is 0.160. The van der Waals surface area contributed by atoms with E-state index >= 15 is 0 Å². The molecule has 2 fully saturated rings. The zero-order valence-electron chi connectivity index (χ0n) is 14.9. The third-order valence-corrected chi connectivity index (χ3v) is 5.48. The number of benzene rings is 1. The average molecular weight is 301 g/mol. The first-order chi connectivity index (χ1) is 10.3. The number of rotatable bonds is 2. The zero-order valence-corrected chi connectivity index (χ0v) is 14.9. The molecule has 1 spiro atoms. The first kappa shape index (κ1) is 15.9. The van der Waals surface area contributed by atoms with Crippen molar-refractivity contribution in [3.05, 3.63) is 29.3 Å². The Morgan fingerprint density at radius 1 is 1.18 bits per heavy atom. The van der Waals surface area contributed by atoms with E-state index in [1.54, 1.807) is 0 Å². The molecular weight excluding hydrogens is 270 g/mol. The summed E-state index contributed by atoms with van der Waals surface area (Å²) in [5.41, 5.74) is 5.02. The van der Waals surface area contributed by atoms with Gasteiger partial charge in [0.2, 0.25) is 0 Å². The summed E-state index contributed by atoms with van der Waals surface area (Å²) in [6.45, 7) is 15.8. The molecule has 0 amide bonds. The van der Waals surface area contributed by atoms with Gasteiger partial charge in [0.1, 0.15) is 0 Å². The number of hydrogen-bond donors (Lipinski definition) is 0. The molecule has 0 aliphatic carbocycles. The third kappa shape index (κ3) is 2.90. The van der Waals surface area contributed by atoms with E-state index in [1.807, 2.05) is 0 Å². The summed E-state index contributed by atoms with van der Waals surface area (Å²) in [5, 5.41) is 0. The van der Waals surface area contributed by atoms with E-state index in [-0.39, 0.29) is 5.41 Å². The van der Waals surface area contributed by atoms with Crippen molar-refractivity contribution in [2.45, 2.75) is 58.8 Å². The zero-order chi connectivity index (χ0) is 16.0. The maximum absolute atomic E-state index is 5.70. The molecule has 1 aromatic rings. The highest BCUT2D eigenvalue weighted by Gasteiger charge is 2.41. The van der Waals surface area contributed by atoms with E-state index in [2.05, 4.69) is 57.7 Å². The summed E-state index contributed by atoms with van der Waals surface area (Å²) in [6.07, 6.45) is 2.52. The fourth-order valence-corrected chi connectivity index (χ4v) is 3.88. The van der Waals surface area contributed by atoms with Crippen molar-refractivity contribution in [3.63, 3.8) is 0 Å². The lowest BCUT2D eigenvalue weighted by atomic mass is 9.84. The van der Waals surface area contributed by atoms with Gasteiger partial charge in [0, 0.05) is 30.8 Å². The van der Waals surface area contributed by atoms with Crippen LogP contribution >= 0.6 is 0 Å². The Bertz CT molecular complexity index is 535. The molecule has 2 nitrogen and oxygen atoms in total. The molecule has 0 radical (unpaired) electrons. The van der Waals surface area contributed by atoms with E-state index < -0.39 is 0 Å². The normalized spacial score (nSPS) is 25.6. The molecule has 0 bridgehead atoms. The van der Waals surface area contributed by atoms with Gasteiger partial charge in [-0.2, -0.15) is 0 Å². The fourth-order valence-electron chi connectivity index (χ4n) is 3.88. The van der Waals surface area contributed by atoms with Crippen LogP contribution in [0.4, 0.5) is 5.69 Å². The van der Waals surface area contributed by atoms with Crippen LogP contribution in [-0.4, -0.2) is 26.3 Å². The highest BCUT2D eigenvalue weighted by atomic mass is 16.5. The summed E-state index contributed by atoms with van der Waals surface area (Å²) < 4.78 is 5.70. The third-order valence-electron chi connectivity index (χ3n) is 5.48. The van der Waals surface area contributed by atoms with Crippen molar-refractivity contribution in [3.8, 4) is 0 Å². The molecule has 2 aliphatic heterocycles. The minimum absolute atomic E-state index is 0.206. The molecule has 3 rings (SSSR count). The first-order valence-corrected chi connectivity index (χ1v) is 8.78. The highest BCUT2D eigenvalue weighted by molar-refractivity contribution is 5.58. The molecule has 2 heterocycles. The van der Waals surface area contributed by atoms with E-state index in [9.17, 15) is 0 Å². The lowest BCUT2D eigenvalue weighted by Crippen LogP contribution is -2.28. The monoisotopic (exact) mass is 301 g/mol. The molecular formula is C20H31NO. The van der Waals surface area contributed by atoms with E-state index in [0.29, 0.717) is 11.3 Å². The van der Waals surface area contributed by atoms with Gasteiger partial charge in [-0.1, -0.05) is 46.8 Å². The van der Waals surface area contributed by atoms with Crippen LogP contribution in [0.5, 0.6) is 0 Å². The van der Waals surface area contributed by atoms with Crippen LogP contribution < -0.4 is 4.90 Å². The minimum Gasteiger partial charge on any atom is -0.381 e. The van der Waals surface area contributed by atoms with Gasteiger partial charge in [0.15, 0.2) is 0 Å². The van der Waals surface area contributed by atoms with Crippen molar-refractivity contribution < 1.29 is 4.74 Å². The molecule has 0 saturated carbocycles. The van der Waals surface area contributed by atoms with Gasteiger partial charge >= 0.3 is 0 Å². The van der Waals surface area contributed by atoms with Crippen LogP contribution in [0.15, 0.2) is 18.2 Å². The maximum atomic E-state index is 5.70. The predicted octanol–water partition coefficient (Wildman–Crippen LogP) is 4.72. The Morgan fingerprint density at radius 3 is 2.55 bits per heavy atom. The smallest absolute Gasteiger partial charge is 0.0540 e. The summed E-state index contributed by atoms with van der Waals surface area (Å²) in [6, 6.07) is 7.13. The van der Waals surface area contributed by atoms with Crippen molar-refractivity contribution in [2.75, 3.05) is 31.2 Å². The van der Waals surface area contributed by atoms with E-state index in [1.165, 1.54) is 42.7 Å². The van der Waals surface area contributed by atoms with Crippen molar-refractivity contribution in [1.82, 2.24) is 0 Å². The van der Waals surface area contributed by atoms with Crippen molar-refractivity contribution >= 4 is 5.69 Å². The standard InChI is InChI=1S/C20H31NO/c1-15(2)17-7-6-16(19(3,4)5)12-18(17)21-10-8-20(13-21)9-11-22-14-20/h6-7,12,15H,8-11,13-14H2,1-5H3/t20-/m1/s1. The number of anilines is 1. The van der Waals surface area contributed by atoms with E-state index in [4.69, 9.17) is 4.74 Å². The van der Waals surface area contributed by atoms with Gasteiger partial charge in [0.05, 0.1) is 6.61 Å². The summed E-state index contributed by atoms with van der Waals surface area (Å²) in [5.74, 6) is 0.570. The molecule has 0 N–H and O–H groups in total. The Hall–Kier alpha value is -1.02. The molecule has 0 unspecified atom stereocenters. The minimum atomic E-state index is 0.206. The van der Waals surface area contributed by atoms with Crippen LogP contribution in [0.25, 0.3) is 0 Å². The Kier molecular flexibility index (Phi) is 4.01. The van der Waals surface area contributed by atoms with Crippen LogP contribution in [0.3, 0.4) is 0 Å². The lowest BCUT2D eigenvalue weighted by Gasteiger charge is -2.29. The molecule has 2 aliphatic rings. The summed E-state index contributed by atoms with van der Waals surface area (Å²) >= 11 is 0. The Morgan fingerprint density at radius 2 is 1.95 bits per heavy atom. The second-order valence-corrected chi connectivity index (χ2v) is 8.65. The van der Waals surface area contributed by atoms with Gasteiger partial charge < -0.3 is 9.64 Å². The highest BCUT2D eigenvalue weighted by Crippen LogP contribution is 2.42. The second kappa shape index (κ2) is 5.56. The molecule has 122 valence electrons. The van der Waals surface area contributed by atoms with Gasteiger partial charge in [-0.15, -0.1) is 0 Å².